The second-order valence-electron chi connectivity index (χ2n) is 5.79. The molecule has 132 valence electrons. The minimum absolute atomic E-state index is 0.141. The molecule has 0 radical (unpaired) electrons. The zero-order valence-electron chi connectivity index (χ0n) is 13.7. The fraction of sp³-hybridized carbons (Fsp3) is 0.500. The number of sulfonamides is 1. The molecule has 1 amide bonds. The lowest BCUT2D eigenvalue weighted by Gasteiger charge is -2.32. The number of carbonyl (C=O) groups is 2. The van der Waals surface area contributed by atoms with E-state index in [0.717, 1.165) is 0 Å². The third-order valence-electron chi connectivity index (χ3n) is 4.28. The summed E-state index contributed by atoms with van der Waals surface area (Å²) < 4.78 is 26.1. The van der Waals surface area contributed by atoms with Gasteiger partial charge in [0.05, 0.1) is 10.8 Å². The van der Waals surface area contributed by atoms with E-state index in [2.05, 4.69) is 5.32 Å². The standard InChI is InChI=1S/C16H22N2O5S/c1-3-18(4-2)24(22,23)14-7-5-11(6-8-14)15(19)17-13-9-12(10-13)16(20)21/h5-8,12-13H,3-4,9-10H2,1-2H3,(H,17,19)(H,20,21). The minimum Gasteiger partial charge on any atom is -0.481 e. The Morgan fingerprint density at radius 1 is 1.17 bits per heavy atom. The van der Waals surface area contributed by atoms with Crippen LogP contribution in [0.25, 0.3) is 0 Å². The average Bonchev–Trinajstić information content (AvgIpc) is 2.50. The molecule has 1 saturated carbocycles. The van der Waals surface area contributed by atoms with Crippen molar-refractivity contribution in [3.05, 3.63) is 29.8 Å². The molecule has 0 aromatic heterocycles. The van der Waals surface area contributed by atoms with Crippen LogP contribution in [0.15, 0.2) is 29.2 Å². The predicted molar refractivity (Wildman–Crippen MR) is 88.2 cm³/mol. The fourth-order valence-electron chi connectivity index (χ4n) is 2.70. The number of amides is 1. The van der Waals surface area contributed by atoms with Crippen LogP contribution in [-0.2, 0) is 14.8 Å². The van der Waals surface area contributed by atoms with Crippen molar-refractivity contribution < 1.29 is 23.1 Å². The number of hydrogen-bond acceptors (Lipinski definition) is 4. The number of carbonyl (C=O) groups excluding carboxylic acids is 1. The summed E-state index contributed by atoms with van der Waals surface area (Å²) in [6, 6.07) is 5.64. The van der Waals surface area contributed by atoms with Gasteiger partial charge in [-0.2, -0.15) is 4.31 Å². The number of carboxylic acids is 1. The highest BCUT2D eigenvalue weighted by Crippen LogP contribution is 2.27. The summed E-state index contributed by atoms with van der Waals surface area (Å²) in [6.45, 7) is 4.30. The number of nitrogens with one attached hydrogen (secondary N) is 1. The molecule has 0 saturated heterocycles. The summed E-state index contributed by atoms with van der Waals surface area (Å²) in [4.78, 5) is 23.0. The number of nitrogens with zero attached hydrogens (tertiary/aromatic N) is 1. The maximum Gasteiger partial charge on any atom is 0.306 e. The van der Waals surface area contributed by atoms with E-state index in [1.165, 1.54) is 28.6 Å². The van der Waals surface area contributed by atoms with E-state index in [0.29, 0.717) is 31.5 Å². The number of carboxylic acid groups (broad SMARTS) is 1. The van der Waals surface area contributed by atoms with Crippen LogP contribution in [0.4, 0.5) is 0 Å². The van der Waals surface area contributed by atoms with Crippen LogP contribution in [0.1, 0.15) is 37.0 Å². The van der Waals surface area contributed by atoms with Crippen molar-refractivity contribution in [1.82, 2.24) is 9.62 Å². The van der Waals surface area contributed by atoms with Crippen LogP contribution in [0.3, 0.4) is 0 Å². The second-order valence-corrected chi connectivity index (χ2v) is 7.73. The van der Waals surface area contributed by atoms with Crippen molar-refractivity contribution in [2.75, 3.05) is 13.1 Å². The third kappa shape index (κ3) is 3.76. The van der Waals surface area contributed by atoms with Gasteiger partial charge < -0.3 is 10.4 Å². The zero-order chi connectivity index (χ0) is 17.9. The van der Waals surface area contributed by atoms with Crippen molar-refractivity contribution in [2.45, 2.75) is 37.6 Å². The smallest absolute Gasteiger partial charge is 0.306 e. The molecule has 0 aliphatic heterocycles. The SMILES string of the molecule is CCN(CC)S(=O)(=O)c1ccc(C(=O)NC2CC(C(=O)O)C2)cc1. The molecule has 0 spiro atoms. The average molecular weight is 354 g/mol. The summed E-state index contributed by atoms with van der Waals surface area (Å²) in [6.07, 6.45) is 0.852. The molecule has 0 unspecified atom stereocenters. The van der Waals surface area contributed by atoms with Gasteiger partial charge >= 0.3 is 5.97 Å². The zero-order valence-corrected chi connectivity index (χ0v) is 14.5. The molecule has 1 fully saturated rings. The van der Waals surface area contributed by atoms with E-state index in [4.69, 9.17) is 5.11 Å². The molecule has 7 nitrogen and oxygen atoms in total. The van der Waals surface area contributed by atoms with Crippen molar-refractivity contribution >= 4 is 21.9 Å². The first kappa shape index (κ1) is 18.4. The predicted octanol–water partition coefficient (Wildman–Crippen LogP) is 1.31. The van der Waals surface area contributed by atoms with Crippen LogP contribution >= 0.6 is 0 Å². The molecule has 0 heterocycles. The quantitative estimate of drug-likeness (QED) is 0.768. The van der Waals surface area contributed by atoms with Gasteiger partial charge in [0, 0.05) is 24.7 Å². The monoisotopic (exact) mass is 354 g/mol. The first-order chi connectivity index (χ1) is 11.3. The largest absolute Gasteiger partial charge is 0.481 e. The van der Waals surface area contributed by atoms with Gasteiger partial charge in [-0.05, 0) is 37.1 Å². The van der Waals surface area contributed by atoms with Crippen molar-refractivity contribution in [3.63, 3.8) is 0 Å². The summed E-state index contributed by atoms with van der Waals surface area (Å²) >= 11 is 0. The summed E-state index contributed by atoms with van der Waals surface area (Å²) in [5.41, 5.74) is 0.354. The number of aliphatic carboxylic acids is 1. The Labute approximate surface area is 141 Å². The molecular weight excluding hydrogens is 332 g/mol. The summed E-state index contributed by atoms with van der Waals surface area (Å²) in [7, 11) is -3.54. The van der Waals surface area contributed by atoms with E-state index >= 15 is 0 Å². The Balaban J connectivity index is 2.02. The number of benzene rings is 1. The van der Waals surface area contributed by atoms with Gasteiger partial charge in [0.2, 0.25) is 10.0 Å². The molecule has 2 N–H and O–H groups in total. The van der Waals surface area contributed by atoms with Crippen LogP contribution < -0.4 is 5.32 Å². The van der Waals surface area contributed by atoms with Gasteiger partial charge in [0.25, 0.3) is 5.91 Å². The molecule has 0 bridgehead atoms. The Hall–Kier alpha value is -1.93. The van der Waals surface area contributed by atoms with Crippen LogP contribution in [0.5, 0.6) is 0 Å². The molecule has 1 aliphatic carbocycles. The normalized spacial score (nSPS) is 20.5. The molecule has 2 rings (SSSR count). The lowest BCUT2D eigenvalue weighted by Crippen LogP contribution is -2.46. The van der Waals surface area contributed by atoms with E-state index in [9.17, 15) is 18.0 Å². The van der Waals surface area contributed by atoms with Crippen molar-refractivity contribution in [3.8, 4) is 0 Å². The molecule has 0 atom stereocenters. The third-order valence-corrected chi connectivity index (χ3v) is 6.35. The van der Waals surface area contributed by atoms with Gasteiger partial charge in [-0.15, -0.1) is 0 Å². The van der Waals surface area contributed by atoms with E-state index in [1.807, 2.05) is 0 Å². The van der Waals surface area contributed by atoms with Gasteiger partial charge in [-0.3, -0.25) is 9.59 Å². The van der Waals surface area contributed by atoms with Gasteiger partial charge in [-0.25, -0.2) is 8.42 Å². The number of rotatable bonds is 7. The molecular formula is C16H22N2O5S. The molecule has 8 heteroatoms. The highest BCUT2D eigenvalue weighted by atomic mass is 32.2. The molecule has 1 aliphatic rings. The molecule has 24 heavy (non-hydrogen) atoms. The Morgan fingerprint density at radius 2 is 1.71 bits per heavy atom. The van der Waals surface area contributed by atoms with E-state index in [1.54, 1.807) is 13.8 Å². The van der Waals surface area contributed by atoms with Gasteiger partial charge in [0.1, 0.15) is 0 Å². The van der Waals surface area contributed by atoms with E-state index in [-0.39, 0.29) is 16.8 Å². The van der Waals surface area contributed by atoms with Crippen LogP contribution in [-0.4, -0.2) is 48.8 Å². The minimum atomic E-state index is -3.54. The van der Waals surface area contributed by atoms with Crippen molar-refractivity contribution in [1.29, 1.82) is 0 Å². The topological polar surface area (TPSA) is 104 Å². The maximum atomic E-state index is 12.4. The maximum absolute atomic E-state index is 12.4. The first-order valence-electron chi connectivity index (χ1n) is 7.93. The lowest BCUT2D eigenvalue weighted by atomic mass is 9.80. The highest BCUT2D eigenvalue weighted by molar-refractivity contribution is 7.89. The molecule has 1 aromatic carbocycles. The van der Waals surface area contributed by atoms with Crippen LogP contribution in [0.2, 0.25) is 0 Å². The molecule has 1 aromatic rings. The fourth-order valence-corrected chi connectivity index (χ4v) is 4.15. The Morgan fingerprint density at radius 3 is 2.17 bits per heavy atom. The second kappa shape index (κ2) is 7.31. The Bertz CT molecular complexity index is 704. The van der Waals surface area contributed by atoms with Gasteiger partial charge in [-0.1, -0.05) is 13.8 Å². The summed E-state index contributed by atoms with van der Waals surface area (Å²) in [5.74, 6) is -1.56. The van der Waals surface area contributed by atoms with E-state index < -0.39 is 21.9 Å². The highest BCUT2D eigenvalue weighted by Gasteiger charge is 2.35. The van der Waals surface area contributed by atoms with Gasteiger partial charge in [0.15, 0.2) is 0 Å². The number of hydrogen-bond donors (Lipinski definition) is 2. The lowest BCUT2D eigenvalue weighted by molar-refractivity contribution is -0.145. The Kier molecular flexibility index (Phi) is 5.61. The summed E-state index contributed by atoms with van der Waals surface area (Å²) in [5, 5.41) is 11.6. The van der Waals surface area contributed by atoms with Crippen LogP contribution in [0, 0.1) is 5.92 Å². The first-order valence-corrected chi connectivity index (χ1v) is 9.37. The van der Waals surface area contributed by atoms with Crippen molar-refractivity contribution in [2.24, 2.45) is 5.92 Å².